The third kappa shape index (κ3) is 6.50. The molecule has 6 rings (SSSR count). The second-order valence-electron chi connectivity index (χ2n) is 10.6. The summed E-state index contributed by atoms with van der Waals surface area (Å²) in [5, 5.41) is 8.07. The standard InChI is InChI=1S/C29H27F4N7O6S/c1-38-13-19(27(36-38)46-29(32)33)21-18-9-6-10-39(11-16-7-4-3-5-8-16)26(18)34-23(21)22-24(25(30)31)35-40-12-17(14-45-28(22)40)37-47(42,43)15-20(41)44-2/h3-10,13,17,25,29,37H,11-12,14-15H2,1-2H3/t17-/m0/s1. The third-order valence-corrected chi connectivity index (χ3v) is 8.61. The first-order valence-electron chi connectivity index (χ1n) is 14.0. The summed E-state index contributed by atoms with van der Waals surface area (Å²) in [5.74, 6) is -2.19. The lowest BCUT2D eigenvalue weighted by Gasteiger charge is -2.25. The van der Waals surface area contributed by atoms with Gasteiger partial charge in [0.25, 0.3) is 6.43 Å². The highest BCUT2D eigenvalue weighted by Gasteiger charge is 2.37. The highest BCUT2D eigenvalue weighted by Crippen LogP contribution is 2.49. The number of sulfonamides is 1. The fourth-order valence-electron chi connectivity index (χ4n) is 5.46. The van der Waals surface area contributed by atoms with Crippen LogP contribution in [0.4, 0.5) is 17.6 Å². The average Bonchev–Trinajstić information content (AvgIpc) is 3.69. The predicted molar refractivity (Wildman–Crippen MR) is 158 cm³/mol. The molecule has 3 aliphatic rings. The number of carbonyl (C=O) groups is 1. The molecule has 1 aromatic carbocycles. The largest absolute Gasteiger partial charge is 0.476 e. The van der Waals surface area contributed by atoms with Gasteiger partial charge in [-0.05, 0) is 17.7 Å². The van der Waals surface area contributed by atoms with Crippen LogP contribution in [0, 0.1) is 0 Å². The smallest absolute Gasteiger partial charge is 0.388 e. The summed E-state index contributed by atoms with van der Waals surface area (Å²) in [6.45, 7) is -3.42. The van der Waals surface area contributed by atoms with Crippen LogP contribution in [0.15, 0.2) is 54.9 Å². The van der Waals surface area contributed by atoms with Crippen LogP contribution in [0.25, 0.3) is 33.8 Å². The topological polar surface area (TPSA) is 144 Å². The van der Waals surface area contributed by atoms with Crippen LogP contribution in [-0.2, 0) is 39.7 Å². The van der Waals surface area contributed by atoms with E-state index in [4.69, 9.17) is 14.5 Å². The van der Waals surface area contributed by atoms with Gasteiger partial charge >= 0.3 is 12.6 Å². The van der Waals surface area contributed by atoms with Crippen molar-refractivity contribution >= 4 is 16.0 Å². The number of aromatic nitrogens is 6. The van der Waals surface area contributed by atoms with Gasteiger partial charge in [0.2, 0.25) is 21.8 Å². The van der Waals surface area contributed by atoms with E-state index in [1.165, 1.54) is 17.9 Å². The second kappa shape index (κ2) is 12.7. The minimum Gasteiger partial charge on any atom is -0.476 e. The highest BCUT2D eigenvalue weighted by atomic mass is 32.2. The molecule has 1 N–H and O–H groups in total. The number of methoxy groups -OCH3 is 1. The number of carbonyl (C=O) groups excluding carboxylic acids is 1. The molecule has 2 aromatic heterocycles. The van der Waals surface area contributed by atoms with Gasteiger partial charge in [0.05, 0.1) is 36.5 Å². The fraction of sp³-hybridized carbons (Fsp3) is 0.310. The summed E-state index contributed by atoms with van der Waals surface area (Å²) in [5.41, 5.74) is 0.591. The molecular formula is C29H27F4N7O6S. The molecule has 0 aliphatic carbocycles. The molecule has 18 heteroatoms. The van der Waals surface area contributed by atoms with Gasteiger partial charge in [0.15, 0.2) is 5.75 Å². The van der Waals surface area contributed by atoms with Crippen LogP contribution in [0.3, 0.4) is 0 Å². The Kier molecular flexibility index (Phi) is 8.63. The number of nitrogens with zero attached hydrogens (tertiary/aromatic N) is 6. The SMILES string of the molecule is COC(=O)CS(=O)(=O)N[C@@H]1COc2c(-c3nc4n(Cc5ccccc5)cccc-4c3-c3cn(C)nc3OC(F)F)c(C(F)F)nn2C1. The summed E-state index contributed by atoms with van der Waals surface area (Å²) < 4.78 is 103. The van der Waals surface area contributed by atoms with Crippen molar-refractivity contribution in [2.24, 2.45) is 7.05 Å². The lowest BCUT2D eigenvalue weighted by Crippen LogP contribution is -2.46. The van der Waals surface area contributed by atoms with E-state index >= 15 is 0 Å². The quantitative estimate of drug-likeness (QED) is 0.164. The first kappa shape index (κ1) is 32.0. The molecule has 0 saturated carbocycles. The van der Waals surface area contributed by atoms with E-state index in [1.54, 1.807) is 22.9 Å². The Hall–Kier alpha value is -4.97. The van der Waals surface area contributed by atoms with Gasteiger partial charge in [0, 0.05) is 37.1 Å². The zero-order valence-electron chi connectivity index (χ0n) is 24.8. The fourth-order valence-corrected chi connectivity index (χ4v) is 6.62. The maximum absolute atomic E-state index is 14.7. The van der Waals surface area contributed by atoms with Crippen LogP contribution in [0.5, 0.6) is 11.8 Å². The van der Waals surface area contributed by atoms with Crippen LogP contribution in [0.2, 0.25) is 0 Å². The van der Waals surface area contributed by atoms with Crippen molar-refractivity contribution in [3.8, 4) is 45.5 Å². The van der Waals surface area contributed by atoms with Gasteiger partial charge in [-0.3, -0.25) is 9.48 Å². The number of halogens is 4. The van der Waals surface area contributed by atoms with E-state index in [9.17, 15) is 30.8 Å². The minimum absolute atomic E-state index is 0.0543. The minimum atomic E-state index is -4.16. The van der Waals surface area contributed by atoms with Gasteiger partial charge in [0.1, 0.15) is 18.1 Å². The normalized spacial score (nSPS) is 14.9. The Morgan fingerprint density at radius 1 is 1.09 bits per heavy atom. The molecule has 248 valence electrons. The number of ether oxygens (including phenoxy) is 3. The molecule has 0 amide bonds. The summed E-state index contributed by atoms with van der Waals surface area (Å²) >= 11 is 0. The molecule has 3 aliphatic heterocycles. The van der Waals surface area contributed by atoms with E-state index in [0.717, 1.165) is 17.4 Å². The lowest BCUT2D eigenvalue weighted by molar-refractivity contribution is -0.137. The second-order valence-corrected chi connectivity index (χ2v) is 12.4. The number of pyridine rings is 1. The maximum atomic E-state index is 14.7. The summed E-state index contributed by atoms with van der Waals surface area (Å²) in [4.78, 5) is 16.3. The number of nitrogens with one attached hydrogen (secondary N) is 1. The van der Waals surface area contributed by atoms with E-state index in [-0.39, 0.29) is 41.4 Å². The molecule has 1 atom stereocenters. The first-order chi connectivity index (χ1) is 22.4. The Labute approximate surface area is 265 Å². The van der Waals surface area contributed by atoms with Crippen molar-refractivity contribution in [3.05, 3.63) is 66.1 Å². The van der Waals surface area contributed by atoms with Crippen molar-refractivity contribution in [3.63, 3.8) is 0 Å². The van der Waals surface area contributed by atoms with Gasteiger partial charge in [-0.2, -0.15) is 13.9 Å². The molecule has 0 bridgehead atoms. The molecule has 0 fully saturated rings. The van der Waals surface area contributed by atoms with Crippen LogP contribution in [-0.4, -0.2) is 75.6 Å². The highest BCUT2D eigenvalue weighted by molar-refractivity contribution is 7.90. The van der Waals surface area contributed by atoms with Crippen LogP contribution >= 0.6 is 0 Å². The lowest BCUT2D eigenvalue weighted by atomic mass is 9.98. The molecule has 3 aromatic rings. The summed E-state index contributed by atoms with van der Waals surface area (Å²) in [6.07, 6.45) is 0.0200. The Balaban J connectivity index is 1.51. The van der Waals surface area contributed by atoms with Crippen molar-refractivity contribution in [2.45, 2.75) is 32.2 Å². The van der Waals surface area contributed by atoms with Crippen LogP contribution in [0.1, 0.15) is 17.7 Å². The number of hydrogen-bond acceptors (Lipinski definition) is 9. The van der Waals surface area contributed by atoms with E-state index in [0.29, 0.717) is 17.9 Å². The number of benzene rings is 1. The molecule has 0 radical (unpaired) electrons. The Morgan fingerprint density at radius 3 is 2.55 bits per heavy atom. The van der Waals surface area contributed by atoms with Gasteiger partial charge in [-0.15, -0.1) is 5.10 Å². The number of alkyl halides is 4. The van der Waals surface area contributed by atoms with Crippen molar-refractivity contribution in [2.75, 3.05) is 19.5 Å². The van der Waals surface area contributed by atoms with Crippen molar-refractivity contribution < 1.29 is 45.0 Å². The number of rotatable bonds is 11. The monoisotopic (exact) mass is 677 g/mol. The average molecular weight is 678 g/mol. The molecule has 0 spiro atoms. The third-order valence-electron chi connectivity index (χ3n) is 7.30. The number of aryl methyl sites for hydroxylation is 1. The predicted octanol–water partition coefficient (Wildman–Crippen LogP) is 3.69. The molecule has 47 heavy (non-hydrogen) atoms. The van der Waals surface area contributed by atoms with Gasteiger partial charge < -0.3 is 18.8 Å². The van der Waals surface area contributed by atoms with Crippen molar-refractivity contribution in [1.29, 1.82) is 0 Å². The summed E-state index contributed by atoms with van der Waals surface area (Å²) in [7, 11) is -1.63. The zero-order chi connectivity index (χ0) is 33.5. The molecule has 13 nitrogen and oxygen atoms in total. The Bertz CT molecular complexity index is 1990. The van der Waals surface area contributed by atoms with Gasteiger partial charge in [-0.1, -0.05) is 30.3 Å². The van der Waals surface area contributed by atoms with E-state index in [1.807, 2.05) is 30.3 Å². The molecule has 0 unspecified atom stereocenters. The molecule has 5 heterocycles. The van der Waals surface area contributed by atoms with E-state index in [2.05, 4.69) is 19.7 Å². The first-order valence-corrected chi connectivity index (χ1v) is 15.7. The number of esters is 1. The van der Waals surface area contributed by atoms with E-state index < -0.39 is 52.4 Å². The van der Waals surface area contributed by atoms with Crippen molar-refractivity contribution in [1.82, 2.24) is 33.8 Å². The number of hydrogen-bond donors (Lipinski definition) is 1. The number of fused-ring (bicyclic) bond motifs is 2. The summed E-state index contributed by atoms with van der Waals surface area (Å²) in [6, 6.07) is 11.8. The Morgan fingerprint density at radius 2 is 1.85 bits per heavy atom. The maximum Gasteiger partial charge on any atom is 0.388 e. The molecular weight excluding hydrogens is 650 g/mol. The zero-order valence-corrected chi connectivity index (χ0v) is 25.6. The van der Waals surface area contributed by atoms with Gasteiger partial charge in [-0.25, -0.2) is 31.6 Å². The molecule has 0 saturated heterocycles. The van der Waals surface area contributed by atoms with Crippen LogP contribution < -0.4 is 14.2 Å².